The highest BCUT2D eigenvalue weighted by Gasteiger charge is 2.40. The summed E-state index contributed by atoms with van der Waals surface area (Å²) in [4.78, 5) is 12.4. The van der Waals surface area contributed by atoms with Gasteiger partial charge in [0.25, 0.3) is 0 Å². The van der Waals surface area contributed by atoms with Crippen LogP contribution in [0.2, 0.25) is 0 Å². The van der Waals surface area contributed by atoms with Crippen LogP contribution in [0.3, 0.4) is 0 Å². The van der Waals surface area contributed by atoms with Gasteiger partial charge in [-0.1, -0.05) is 13.3 Å². The molecular weight excluding hydrogens is 212 g/mol. The van der Waals surface area contributed by atoms with Crippen LogP contribution in [0.15, 0.2) is 0 Å². The van der Waals surface area contributed by atoms with E-state index in [0.717, 1.165) is 18.8 Å². The van der Waals surface area contributed by atoms with Gasteiger partial charge in [0.2, 0.25) is 0 Å². The number of carbonyl (C=O) groups is 1. The van der Waals surface area contributed by atoms with E-state index < -0.39 is 0 Å². The zero-order chi connectivity index (χ0) is 12.3. The Bertz CT molecular complexity index is 250. The Morgan fingerprint density at radius 3 is 2.24 bits per heavy atom. The number of ether oxygens (including phenoxy) is 1. The third kappa shape index (κ3) is 3.31. The molecule has 2 aliphatic carbocycles. The number of rotatable bonds is 6. The van der Waals surface area contributed by atoms with E-state index in [1.165, 1.54) is 32.1 Å². The quantitative estimate of drug-likeness (QED) is 0.707. The third-order valence-electron chi connectivity index (χ3n) is 4.50. The minimum atomic E-state index is -0.0665. The lowest BCUT2D eigenvalue weighted by atomic mass is 9.77. The molecule has 0 heterocycles. The zero-order valence-corrected chi connectivity index (χ0v) is 11.3. The molecule has 0 bridgehead atoms. The van der Waals surface area contributed by atoms with Crippen molar-refractivity contribution in [2.45, 2.75) is 64.9 Å². The molecule has 0 aromatic carbocycles. The highest BCUT2D eigenvalue weighted by Crippen LogP contribution is 2.39. The van der Waals surface area contributed by atoms with E-state index in [9.17, 15) is 4.79 Å². The molecule has 2 nitrogen and oxygen atoms in total. The first-order valence-electron chi connectivity index (χ1n) is 7.41. The maximum Gasteiger partial charge on any atom is 0.164 e. The summed E-state index contributed by atoms with van der Waals surface area (Å²) in [5.74, 6) is 2.13. The lowest BCUT2D eigenvalue weighted by molar-refractivity contribution is -0.137. The van der Waals surface area contributed by atoms with Crippen molar-refractivity contribution in [2.24, 2.45) is 17.8 Å². The fraction of sp³-hybridized carbons (Fsp3) is 0.933. The van der Waals surface area contributed by atoms with Crippen molar-refractivity contribution in [1.82, 2.24) is 0 Å². The molecule has 0 saturated heterocycles. The van der Waals surface area contributed by atoms with Gasteiger partial charge >= 0.3 is 0 Å². The number of ketones is 1. The Kier molecular flexibility index (Phi) is 4.61. The van der Waals surface area contributed by atoms with Gasteiger partial charge in [-0.25, -0.2) is 0 Å². The van der Waals surface area contributed by atoms with Crippen LogP contribution in [0.1, 0.15) is 58.8 Å². The summed E-state index contributed by atoms with van der Waals surface area (Å²) in [6, 6.07) is 0. The van der Waals surface area contributed by atoms with Crippen LogP contribution in [0.25, 0.3) is 0 Å². The first kappa shape index (κ1) is 13.1. The second kappa shape index (κ2) is 5.99. The van der Waals surface area contributed by atoms with Crippen LogP contribution in [0, 0.1) is 17.8 Å². The summed E-state index contributed by atoms with van der Waals surface area (Å²) in [6.07, 6.45) is 8.30. The maximum atomic E-state index is 12.4. The molecule has 17 heavy (non-hydrogen) atoms. The van der Waals surface area contributed by atoms with Crippen LogP contribution < -0.4 is 0 Å². The molecule has 1 atom stereocenters. The maximum absolute atomic E-state index is 12.4. The van der Waals surface area contributed by atoms with E-state index in [2.05, 4.69) is 6.92 Å². The van der Waals surface area contributed by atoms with Gasteiger partial charge in [-0.15, -0.1) is 0 Å². The van der Waals surface area contributed by atoms with Gasteiger partial charge in [-0.2, -0.15) is 0 Å². The lowest BCUT2D eigenvalue weighted by Gasteiger charge is -2.29. The Morgan fingerprint density at radius 1 is 1.12 bits per heavy atom. The smallest absolute Gasteiger partial charge is 0.164 e. The lowest BCUT2D eigenvalue weighted by Crippen LogP contribution is -2.34. The first-order valence-corrected chi connectivity index (χ1v) is 7.41. The average Bonchev–Trinajstić information content (AvgIpc) is 3.19. The molecule has 0 radical (unpaired) electrons. The summed E-state index contributed by atoms with van der Waals surface area (Å²) < 4.78 is 5.68. The van der Waals surface area contributed by atoms with Gasteiger partial charge in [-0.05, 0) is 57.3 Å². The molecule has 98 valence electrons. The molecule has 0 amide bonds. The van der Waals surface area contributed by atoms with E-state index in [1.54, 1.807) is 0 Å². The SMILES string of the molecule is CCOC(C(=O)C1CCC(CC)CC1)C1CC1. The summed E-state index contributed by atoms with van der Waals surface area (Å²) in [5, 5.41) is 0. The highest BCUT2D eigenvalue weighted by molar-refractivity contribution is 5.86. The monoisotopic (exact) mass is 238 g/mol. The van der Waals surface area contributed by atoms with Gasteiger partial charge < -0.3 is 4.74 Å². The normalized spacial score (nSPS) is 31.2. The molecule has 0 spiro atoms. The fourth-order valence-corrected chi connectivity index (χ4v) is 3.12. The van der Waals surface area contributed by atoms with E-state index >= 15 is 0 Å². The molecule has 2 saturated carbocycles. The molecule has 2 heteroatoms. The fourth-order valence-electron chi connectivity index (χ4n) is 3.12. The van der Waals surface area contributed by atoms with Crippen molar-refractivity contribution in [3.05, 3.63) is 0 Å². The number of hydrogen-bond donors (Lipinski definition) is 0. The van der Waals surface area contributed by atoms with E-state index in [-0.39, 0.29) is 6.10 Å². The van der Waals surface area contributed by atoms with Gasteiger partial charge in [0.05, 0.1) is 0 Å². The van der Waals surface area contributed by atoms with Crippen molar-refractivity contribution < 1.29 is 9.53 Å². The summed E-state index contributed by atoms with van der Waals surface area (Å²) in [7, 11) is 0. The topological polar surface area (TPSA) is 26.3 Å². The molecule has 0 aromatic rings. The molecule has 2 aliphatic rings. The Hall–Kier alpha value is -0.370. The van der Waals surface area contributed by atoms with Crippen molar-refractivity contribution in [3.63, 3.8) is 0 Å². The van der Waals surface area contributed by atoms with Crippen molar-refractivity contribution in [2.75, 3.05) is 6.61 Å². The largest absolute Gasteiger partial charge is 0.370 e. The molecule has 2 fully saturated rings. The summed E-state index contributed by atoms with van der Waals surface area (Å²) in [6.45, 7) is 4.94. The molecule has 1 unspecified atom stereocenters. The Morgan fingerprint density at radius 2 is 1.76 bits per heavy atom. The molecule has 0 N–H and O–H groups in total. The molecular formula is C15H26O2. The predicted octanol–water partition coefficient (Wildman–Crippen LogP) is 3.59. The summed E-state index contributed by atoms with van der Waals surface area (Å²) in [5.41, 5.74) is 0. The average molecular weight is 238 g/mol. The minimum Gasteiger partial charge on any atom is -0.370 e. The number of Topliss-reactive ketones (excluding diaryl/α,β-unsaturated/α-hetero) is 1. The highest BCUT2D eigenvalue weighted by atomic mass is 16.5. The predicted molar refractivity (Wildman–Crippen MR) is 68.9 cm³/mol. The van der Waals surface area contributed by atoms with Gasteiger partial charge in [0.1, 0.15) is 6.10 Å². The van der Waals surface area contributed by atoms with Crippen molar-refractivity contribution in [1.29, 1.82) is 0 Å². The van der Waals surface area contributed by atoms with Crippen molar-refractivity contribution >= 4 is 5.78 Å². The Labute approximate surface area is 105 Å². The molecule has 0 aromatic heterocycles. The first-order chi connectivity index (χ1) is 8.26. The standard InChI is InChI=1S/C15H26O2/c1-3-11-5-7-12(8-6-11)14(16)15(17-4-2)13-9-10-13/h11-13,15H,3-10H2,1-2H3. The third-order valence-corrected chi connectivity index (χ3v) is 4.50. The van der Waals surface area contributed by atoms with Crippen LogP contribution in [0.4, 0.5) is 0 Å². The number of hydrogen-bond acceptors (Lipinski definition) is 2. The van der Waals surface area contributed by atoms with Crippen LogP contribution in [-0.2, 0) is 9.53 Å². The van der Waals surface area contributed by atoms with Gasteiger partial charge in [0.15, 0.2) is 5.78 Å². The molecule has 2 rings (SSSR count). The van der Waals surface area contributed by atoms with Crippen LogP contribution in [-0.4, -0.2) is 18.5 Å². The van der Waals surface area contributed by atoms with Crippen LogP contribution in [0.5, 0.6) is 0 Å². The Balaban J connectivity index is 1.86. The van der Waals surface area contributed by atoms with Gasteiger partial charge in [0, 0.05) is 12.5 Å². The number of carbonyl (C=O) groups excluding carboxylic acids is 1. The second-order valence-corrected chi connectivity index (χ2v) is 5.74. The van der Waals surface area contributed by atoms with E-state index in [4.69, 9.17) is 4.74 Å². The van der Waals surface area contributed by atoms with Crippen LogP contribution >= 0.6 is 0 Å². The second-order valence-electron chi connectivity index (χ2n) is 5.74. The van der Waals surface area contributed by atoms with Gasteiger partial charge in [-0.3, -0.25) is 4.79 Å². The minimum absolute atomic E-state index is 0.0665. The zero-order valence-electron chi connectivity index (χ0n) is 11.3. The summed E-state index contributed by atoms with van der Waals surface area (Å²) >= 11 is 0. The molecule has 0 aliphatic heterocycles. The van der Waals surface area contributed by atoms with Crippen molar-refractivity contribution in [3.8, 4) is 0 Å². The van der Waals surface area contributed by atoms with E-state index in [1.807, 2.05) is 6.92 Å². The van der Waals surface area contributed by atoms with E-state index in [0.29, 0.717) is 24.2 Å².